The van der Waals surface area contributed by atoms with Gasteiger partial charge in [-0.2, -0.15) is 0 Å². The van der Waals surface area contributed by atoms with E-state index in [2.05, 4.69) is 20.5 Å². The number of pyridine rings is 1. The fourth-order valence-corrected chi connectivity index (χ4v) is 2.63. The molecule has 1 fully saturated rings. The largest absolute Gasteiger partial charge is 0.481 e. The number of aromatic nitrogens is 1. The second kappa shape index (κ2) is 9.32. The predicted molar refractivity (Wildman–Crippen MR) is 87.5 cm³/mol. The van der Waals surface area contributed by atoms with Crippen LogP contribution in [0.15, 0.2) is 18.3 Å². The van der Waals surface area contributed by atoms with Gasteiger partial charge in [0.1, 0.15) is 0 Å². The lowest BCUT2D eigenvalue weighted by Gasteiger charge is -2.17. The molecule has 0 unspecified atom stereocenters. The summed E-state index contributed by atoms with van der Waals surface area (Å²) in [5.74, 6) is 0.625. The van der Waals surface area contributed by atoms with E-state index in [1.54, 1.807) is 14.2 Å². The van der Waals surface area contributed by atoms with Crippen molar-refractivity contribution >= 4 is 6.03 Å². The van der Waals surface area contributed by atoms with E-state index in [1.807, 2.05) is 18.3 Å². The number of ether oxygens (including phenoxy) is 2. The molecule has 2 rings (SSSR count). The van der Waals surface area contributed by atoms with Crippen LogP contribution in [0, 0.1) is 0 Å². The molecule has 0 radical (unpaired) electrons. The SMILES string of the molecule is COCCCNC(=O)N[C@H]1CCN(Cc2ccc(OC)nc2)C1. The summed E-state index contributed by atoms with van der Waals surface area (Å²) in [4.78, 5) is 18.3. The van der Waals surface area contributed by atoms with Crippen molar-refractivity contribution in [3.05, 3.63) is 23.9 Å². The molecule has 7 heteroatoms. The van der Waals surface area contributed by atoms with Crippen LogP contribution in [0.4, 0.5) is 4.79 Å². The molecule has 0 spiro atoms. The molecule has 23 heavy (non-hydrogen) atoms. The Hall–Kier alpha value is -1.86. The average Bonchev–Trinajstić information content (AvgIpc) is 2.99. The van der Waals surface area contributed by atoms with Crippen molar-refractivity contribution in [1.82, 2.24) is 20.5 Å². The van der Waals surface area contributed by atoms with E-state index in [0.29, 0.717) is 19.0 Å². The molecule has 1 aromatic heterocycles. The third-order valence-corrected chi connectivity index (χ3v) is 3.83. The number of urea groups is 1. The Morgan fingerprint density at radius 3 is 3.00 bits per heavy atom. The molecule has 2 N–H and O–H groups in total. The Morgan fingerprint density at radius 2 is 2.30 bits per heavy atom. The standard InChI is InChI=1S/C16H26N4O3/c1-22-9-3-7-17-16(21)19-14-6-8-20(12-14)11-13-4-5-15(23-2)18-10-13/h4-5,10,14H,3,6-9,11-12H2,1-2H3,(H2,17,19,21)/t14-/m0/s1. The summed E-state index contributed by atoms with van der Waals surface area (Å²) >= 11 is 0. The van der Waals surface area contributed by atoms with Crippen LogP contribution < -0.4 is 15.4 Å². The van der Waals surface area contributed by atoms with Gasteiger partial charge >= 0.3 is 6.03 Å². The molecule has 1 aliphatic heterocycles. The molecule has 0 aromatic carbocycles. The summed E-state index contributed by atoms with van der Waals surface area (Å²) in [5.41, 5.74) is 1.15. The first kappa shape index (κ1) is 17.5. The number of hydrogen-bond donors (Lipinski definition) is 2. The van der Waals surface area contributed by atoms with Gasteiger partial charge in [-0.15, -0.1) is 0 Å². The molecule has 1 saturated heterocycles. The first-order valence-corrected chi connectivity index (χ1v) is 7.96. The minimum atomic E-state index is -0.0981. The highest BCUT2D eigenvalue weighted by atomic mass is 16.5. The Bertz CT molecular complexity index is 481. The molecule has 128 valence electrons. The number of nitrogens with one attached hydrogen (secondary N) is 2. The van der Waals surface area contributed by atoms with Crippen molar-refractivity contribution in [3.8, 4) is 5.88 Å². The van der Waals surface area contributed by atoms with E-state index in [-0.39, 0.29) is 12.1 Å². The number of carbonyl (C=O) groups is 1. The second-order valence-electron chi connectivity index (χ2n) is 5.68. The zero-order valence-corrected chi connectivity index (χ0v) is 13.9. The van der Waals surface area contributed by atoms with Gasteiger partial charge in [0.15, 0.2) is 0 Å². The van der Waals surface area contributed by atoms with Crippen molar-refractivity contribution in [2.45, 2.75) is 25.4 Å². The summed E-state index contributed by atoms with van der Waals surface area (Å²) in [6.07, 6.45) is 3.63. The van der Waals surface area contributed by atoms with Gasteiger partial charge < -0.3 is 20.1 Å². The van der Waals surface area contributed by atoms with E-state index < -0.39 is 0 Å². The lowest BCUT2D eigenvalue weighted by atomic mass is 10.2. The highest BCUT2D eigenvalue weighted by Crippen LogP contribution is 2.14. The molecular formula is C16H26N4O3. The second-order valence-corrected chi connectivity index (χ2v) is 5.68. The Balaban J connectivity index is 1.67. The zero-order chi connectivity index (χ0) is 16.5. The van der Waals surface area contributed by atoms with Crippen molar-refractivity contribution in [3.63, 3.8) is 0 Å². The van der Waals surface area contributed by atoms with E-state index in [4.69, 9.17) is 9.47 Å². The average molecular weight is 322 g/mol. The Labute approximate surface area is 137 Å². The number of likely N-dealkylation sites (tertiary alicyclic amines) is 1. The third-order valence-electron chi connectivity index (χ3n) is 3.83. The molecule has 0 aliphatic carbocycles. The first-order valence-electron chi connectivity index (χ1n) is 7.96. The number of amides is 2. The smallest absolute Gasteiger partial charge is 0.315 e. The van der Waals surface area contributed by atoms with Crippen LogP contribution in [0.2, 0.25) is 0 Å². The van der Waals surface area contributed by atoms with Gasteiger partial charge in [0.2, 0.25) is 5.88 Å². The molecule has 1 aliphatic rings. The number of carbonyl (C=O) groups excluding carboxylic acids is 1. The molecule has 2 amide bonds. The fourth-order valence-electron chi connectivity index (χ4n) is 2.63. The van der Waals surface area contributed by atoms with Crippen molar-refractivity contribution in [2.24, 2.45) is 0 Å². The van der Waals surface area contributed by atoms with Crippen molar-refractivity contribution in [2.75, 3.05) is 40.5 Å². The van der Waals surface area contributed by atoms with Crippen molar-refractivity contribution in [1.29, 1.82) is 0 Å². The summed E-state index contributed by atoms with van der Waals surface area (Å²) in [7, 11) is 3.27. The summed E-state index contributed by atoms with van der Waals surface area (Å²) in [6, 6.07) is 3.99. The zero-order valence-electron chi connectivity index (χ0n) is 13.9. The van der Waals surface area contributed by atoms with E-state index >= 15 is 0 Å². The maximum absolute atomic E-state index is 11.8. The molecule has 7 nitrogen and oxygen atoms in total. The Kier molecular flexibility index (Phi) is 7.09. The maximum Gasteiger partial charge on any atom is 0.315 e. The first-order chi connectivity index (χ1) is 11.2. The van der Waals surface area contributed by atoms with Gasteiger partial charge in [-0.1, -0.05) is 6.07 Å². The van der Waals surface area contributed by atoms with Gasteiger partial charge in [0.25, 0.3) is 0 Å². The summed E-state index contributed by atoms with van der Waals surface area (Å²) < 4.78 is 10.0. The molecular weight excluding hydrogens is 296 g/mol. The van der Waals surface area contributed by atoms with Gasteiger partial charge in [-0.05, 0) is 18.4 Å². The normalized spacial score (nSPS) is 17.9. The highest BCUT2D eigenvalue weighted by Gasteiger charge is 2.23. The van der Waals surface area contributed by atoms with Crippen LogP contribution in [0.3, 0.4) is 0 Å². The monoisotopic (exact) mass is 322 g/mol. The van der Waals surface area contributed by atoms with Gasteiger partial charge in [-0.3, -0.25) is 4.90 Å². The molecule has 0 bridgehead atoms. The minimum Gasteiger partial charge on any atom is -0.481 e. The van der Waals surface area contributed by atoms with E-state index in [9.17, 15) is 4.79 Å². The predicted octanol–water partition coefficient (Wildman–Crippen LogP) is 1.00. The quantitative estimate of drug-likeness (QED) is 0.698. The van der Waals surface area contributed by atoms with Gasteiger partial charge in [-0.25, -0.2) is 9.78 Å². The van der Waals surface area contributed by atoms with E-state index in [0.717, 1.165) is 38.0 Å². The lowest BCUT2D eigenvalue weighted by Crippen LogP contribution is -2.43. The van der Waals surface area contributed by atoms with Crippen LogP contribution in [-0.4, -0.2) is 62.4 Å². The topological polar surface area (TPSA) is 75.7 Å². The molecule has 0 saturated carbocycles. The van der Waals surface area contributed by atoms with E-state index in [1.165, 1.54) is 0 Å². The van der Waals surface area contributed by atoms with Crippen LogP contribution in [0.25, 0.3) is 0 Å². The summed E-state index contributed by atoms with van der Waals surface area (Å²) in [6.45, 7) is 3.96. The minimum absolute atomic E-state index is 0.0981. The van der Waals surface area contributed by atoms with Crippen LogP contribution in [0.5, 0.6) is 5.88 Å². The molecule has 1 aromatic rings. The van der Waals surface area contributed by atoms with Crippen LogP contribution in [-0.2, 0) is 11.3 Å². The van der Waals surface area contributed by atoms with Crippen LogP contribution >= 0.6 is 0 Å². The number of rotatable bonds is 8. The maximum atomic E-state index is 11.8. The summed E-state index contributed by atoms with van der Waals surface area (Å²) in [5, 5.41) is 5.87. The van der Waals surface area contributed by atoms with Gasteiger partial charge in [0, 0.05) is 58.2 Å². The van der Waals surface area contributed by atoms with Crippen LogP contribution in [0.1, 0.15) is 18.4 Å². The van der Waals surface area contributed by atoms with Crippen molar-refractivity contribution < 1.29 is 14.3 Å². The number of methoxy groups -OCH3 is 2. The lowest BCUT2D eigenvalue weighted by molar-refractivity contribution is 0.193. The molecule has 1 atom stereocenters. The highest BCUT2D eigenvalue weighted by molar-refractivity contribution is 5.74. The number of hydrogen-bond acceptors (Lipinski definition) is 5. The number of nitrogens with zero attached hydrogens (tertiary/aromatic N) is 2. The third kappa shape index (κ3) is 6.03. The van der Waals surface area contributed by atoms with Gasteiger partial charge in [0.05, 0.1) is 7.11 Å². The Morgan fingerprint density at radius 1 is 1.43 bits per heavy atom. The molecule has 2 heterocycles. The fraction of sp³-hybridized carbons (Fsp3) is 0.625.